The van der Waals surface area contributed by atoms with E-state index in [4.69, 9.17) is 4.98 Å². The first kappa shape index (κ1) is 17.0. The lowest BCUT2D eigenvalue weighted by molar-refractivity contribution is 0.616. The summed E-state index contributed by atoms with van der Waals surface area (Å²) in [4.78, 5) is 20.2. The molecule has 1 aliphatic heterocycles. The number of hydrogen-bond acceptors (Lipinski definition) is 6. The standard InChI is InChI=1S/C20H20FN7/c1-12-9-28-10-13(7-15(21)20(28)24-12)19-23-8-17-16(26-19)3-4-18(25-17)27-6-5-14(11-27)22-2/h3-4,7-10,14,22H,5-6,11H2,1-2H3/t14-/m0/s1. The van der Waals surface area contributed by atoms with E-state index in [9.17, 15) is 4.39 Å². The highest BCUT2D eigenvalue weighted by Gasteiger charge is 2.22. The molecule has 142 valence electrons. The van der Waals surface area contributed by atoms with Gasteiger partial charge in [-0.05, 0) is 38.6 Å². The molecule has 0 amide bonds. The van der Waals surface area contributed by atoms with Gasteiger partial charge in [-0.3, -0.25) is 0 Å². The van der Waals surface area contributed by atoms with Crippen molar-refractivity contribution in [3.63, 3.8) is 0 Å². The third kappa shape index (κ3) is 2.86. The van der Waals surface area contributed by atoms with E-state index < -0.39 is 5.82 Å². The second-order valence-corrected chi connectivity index (χ2v) is 7.18. The molecule has 0 bridgehead atoms. The van der Waals surface area contributed by atoms with Gasteiger partial charge in [0.2, 0.25) is 0 Å². The number of fused-ring (bicyclic) bond motifs is 2. The summed E-state index contributed by atoms with van der Waals surface area (Å²) in [5.74, 6) is 1.00. The number of pyridine rings is 2. The van der Waals surface area contributed by atoms with Crippen LogP contribution in [0.2, 0.25) is 0 Å². The second-order valence-electron chi connectivity index (χ2n) is 7.18. The molecule has 0 spiro atoms. The lowest BCUT2D eigenvalue weighted by Gasteiger charge is -2.17. The summed E-state index contributed by atoms with van der Waals surface area (Å²) in [5.41, 5.74) is 3.13. The van der Waals surface area contributed by atoms with E-state index >= 15 is 0 Å². The molecular formula is C20H20FN7. The Morgan fingerprint density at radius 1 is 1.14 bits per heavy atom. The molecule has 4 aromatic heterocycles. The highest BCUT2D eigenvalue weighted by Crippen LogP contribution is 2.24. The molecule has 0 unspecified atom stereocenters. The fourth-order valence-corrected chi connectivity index (χ4v) is 3.73. The van der Waals surface area contributed by atoms with Gasteiger partial charge in [0.1, 0.15) is 11.3 Å². The van der Waals surface area contributed by atoms with Crippen LogP contribution in [0.25, 0.3) is 28.1 Å². The van der Waals surface area contributed by atoms with Crippen molar-refractivity contribution in [1.82, 2.24) is 29.7 Å². The second kappa shape index (κ2) is 6.49. The molecule has 0 radical (unpaired) electrons. The number of nitrogens with one attached hydrogen (secondary N) is 1. The fourth-order valence-electron chi connectivity index (χ4n) is 3.73. The minimum absolute atomic E-state index is 0.304. The van der Waals surface area contributed by atoms with Crippen molar-refractivity contribution in [2.45, 2.75) is 19.4 Å². The SMILES string of the molecule is CN[C@H]1CCN(c2ccc3nc(-c4cc(F)c5nc(C)cn5c4)ncc3n2)C1. The van der Waals surface area contributed by atoms with Gasteiger partial charge in [0.25, 0.3) is 0 Å². The number of anilines is 1. The maximum Gasteiger partial charge on any atom is 0.173 e. The molecule has 5 heterocycles. The van der Waals surface area contributed by atoms with E-state index in [2.05, 4.69) is 25.2 Å². The van der Waals surface area contributed by atoms with Gasteiger partial charge in [0, 0.05) is 37.1 Å². The molecule has 28 heavy (non-hydrogen) atoms. The van der Waals surface area contributed by atoms with Crippen molar-refractivity contribution in [2.75, 3.05) is 25.0 Å². The van der Waals surface area contributed by atoms with Crippen molar-refractivity contribution in [3.05, 3.63) is 48.3 Å². The van der Waals surface area contributed by atoms with Gasteiger partial charge >= 0.3 is 0 Å². The number of hydrogen-bond donors (Lipinski definition) is 1. The Kier molecular flexibility index (Phi) is 3.94. The van der Waals surface area contributed by atoms with Crippen molar-refractivity contribution in [1.29, 1.82) is 0 Å². The molecule has 5 rings (SSSR count). The van der Waals surface area contributed by atoms with E-state index in [1.165, 1.54) is 6.07 Å². The Hall–Kier alpha value is -3.13. The summed E-state index contributed by atoms with van der Waals surface area (Å²) in [5, 5.41) is 3.31. The van der Waals surface area contributed by atoms with Gasteiger partial charge in [-0.25, -0.2) is 24.3 Å². The predicted molar refractivity (Wildman–Crippen MR) is 106 cm³/mol. The van der Waals surface area contributed by atoms with Gasteiger partial charge in [0.05, 0.1) is 17.4 Å². The number of imidazole rings is 1. The summed E-state index contributed by atoms with van der Waals surface area (Å²) in [6.45, 7) is 3.76. The van der Waals surface area contributed by atoms with Crippen LogP contribution < -0.4 is 10.2 Å². The average molecular weight is 377 g/mol. The fraction of sp³-hybridized carbons (Fsp3) is 0.300. The van der Waals surface area contributed by atoms with Crippen LogP contribution in [-0.4, -0.2) is 50.5 Å². The summed E-state index contributed by atoms with van der Waals surface area (Å²) in [6, 6.07) is 5.85. The lowest BCUT2D eigenvalue weighted by Crippen LogP contribution is -2.29. The highest BCUT2D eigenvalue weighted by atomic mass is 19.1. The van der Waals surface area contributed by atoms with Crippen LogP contribution in [0.4, 0.5) is 10.2 Å². The Bertz CT molecular complexity index is 1190. The van der Waals surface area contributed by atoms with Crippen LogP contribution in [0.3, 0.4) is 0 Å². The van der Waals surface area contributed by atoms with Crippen LogP contribution in [0, 0.1) is 12.7 Å². The molecule has 1 atom stereocenters. The molecule has 8 heteroatoms. The minimum atomic E-state index is -0.393. The van der Waals surface area contributed by atoms with Crippen LogP contribution in [-0.2, 0) is 0 Å². The number of halogens is 1. The predicted octanol–water partition coefficient (Wildman–Crippen LogP) is 2.59. The monoisotopic (exact) mass is 377 g/mol. The molecule has 1 fully saturated rings. The van der Waals surface area contributed by atoms with Crippen molar-refractivity contribution in [2.24, 2.45) is 0 Å². The third-order valence-corrected chi connectivity index (χ3v) is 5.23. The molecule has 7 nitrogen and oxygen atoms in total. The average Bonchev–Trinajstić information content (AvgIpc) is 3.33. The first-order chi connectivity index (χ1) is 13.6. The first-order valence-electron chi connectivity index (χ1n) is 9.32. The molecule has 0 saturated carbocycles. The van der Waals surface area contributed by atoms with Crippen LogP contribution >= 0.6 is 0 Å². The number of aromatic nitrogens is 5. The van der Waals surface area contributed by atoms with Crippen molar-refractivity contribution in [3.8, 4) is 11.4 Å². The van der Waals surface area contributed by atoms with Gasteiger partial charge in [-0.2, -0.15) is 0 Å². The Labute approximate surface area is 161 Å². The molecule has 0 aromatic carbocycles. The number of aryl methyl sites for hydroxylation is 1. The van der Waals surface area contributed by atoms with Gasteiger partial charge in [-0.1, -0.05) is 0 Å². The maximum absolute atomic E-state index is 14.4. The summed E-state index contributed by atoms with van der Waals surface area (Å²) < 4.78 is 16.1. The third-order valence-electron chi connectivity index (χ3n) is 5.23. The first-order valence-corrected chi connectivity index (χ1v) is 9.32. The van der Waals surface area contributed by atoms with Gasteiger partial charge in [-0.15, -0.1) is 0 Å². The number of likely N-dealkylation sites (N-methyl/N-ethyl adjacent to an activating group) is 1. The molecule has 0 aliphatic carbocycles. The Morgan fingerprint density at radius 3 is 2.86 bits per heavy atom. The van der Waals surface area contributed by atoms with Crippen LogP contribution in [0.1, 0.15) is 12.1 Å². The van der Waals surface area contributed by atoms with E-state index in [-0.39, 0.29) is 0 Å². The molecular weight excluding hydrogens is 357 g/mol. The summed E-state index contributed by atoms with van der Waals surface area (Å²) in [7, 11) is 1.99. The normalized spacial score (nSPS) is 17.1. The largest absolute Gasteiger partial charge is 0.355 e. The molecule has 1 aliphatic rings. The van der Waals surface area contributed by atoms with E-state index in [0.29, 0.717) is 23.1 Å². The zero-order chi connectivity index (χ0) is 19.3. The smallest absolute Gasteiger partial charge is 0.173 e. The highest BCUT2D eigenvalue weighted by molar-refractivity contribution is 5.77. The zero-order valence-electron chi connectivity index (χ0n) is 15.7. The van der Waals surface area contributed by atoms with Crippen molar-refractivity contribution >= 4 is 22.5 Å². The summed E-state index contributed by atoms with van der Waals surface area (Å²) >= 11 is 0. The molecule has 1 N–H and O–H groups in total. The van der Waals surface area contributed by atoms with E-state index in [0.717, 1.165) is 42.1 Å². The summed E-state index contributed by atoms with van der Waals surface area (Å²) in [6.07, 6.45) is 6.39. The number of nitrogens with zero attached hydrogens (tertiary/aromatic N) is 6. The minimum Gasteiger partial charge on any atom is -0.355 e. The number of rotatable bonds is 3. The quantitative estimate of drug-likeness (QED) is 0.592. The van der Waals surface area contributed by atoms with Crippen LogP contribution in [0.5, 0.6) is 0 Å². The van der Waals surface area contributed by atoms with Gasteiger partial charge < -0.3 is 14.6 Å². The van der Waals surface area contributed by atoms with E-state index in [1.54, 1.807) is 23.0 Å². The molecule has 1 saturated heterocycles. The molecule has 4 aromatic rings. The maximum atomic E-state index is 14.4. The van der Waals surface area contributed by atoms with Crippen LogP contribution in [0.15, 0.2) is 36.8 Å². The van der Waals surface area contributed by atoms with E-state index in [1.807, 2.05) is 26.1 Å². The van der Waals surface area contributed by atoms with Gasteiger partial charge in [0.15, 0.2) is 17.3 Å². The lowest BCUT2D eigenvalue weighted by atomic mass is 10.2. The Balaban J connectivity index is 1.51. The van der Waals surface area contributed by atoms with Crippen molar-refractivity contribution < 1.29 is 4.39 Å². The Morgan fingerprint density at radius 2 is 2.04 bits per heavy atom. The zero-order valence-corrected chi connectivity index (χ0v) is 15.7. The topological polar surface area (TPSA) is 71.2 Å².